The molecule has 6 heterocycles. The van der Waals surface area contributed by atoms with Crippen LogP contribution in [0, 0.1) is 12.3 Å². The number of ether oxygens (including phenoxy) is 1. The van der Waals surface area contributed by atoms with Crippen LogP contribution in [0.25, 0.3) is 27.8 Å². The van der Waals surface area contributed by atoms with Crippen LogP contribution < -0.4 is 4.74 Å². The number of aromatic amines is 1. The molecule has 5 aromatic heterocycles. The van der Waals surface area contributed by atoms with E-state index in [2.05, 4.69) is 24.9 Å². The van der Waals surface area contributed by atoms with Gasteiger partial charge in [0.25, 0.3) is 0 Å². The molecule has 0 atom stereocenters. The Kier molecular flexibility index (Phi) is 4.16. The van der Waals surface area contributed by atoms with Crippen LogP contribution in [-0.4, -0.2) is 48.1 Å². The topological polar surface area (TPSA) is 118 Å². The quantitative estimate of drug-likeness (QED) is 0.447. The van der Waals surface area contributed by atoms with Crippen molar-refractivity contribution in [2.75, 3.05) is 7.11 Å². The maximum absolute atomic E-state index is 8.36. The van der Waals surface area contributed by atoms with E-state index in [-0.39, 0.29) is 5.84 Å². The van der Waals surface area contributed by atoms with Crippen LogP contribution in [-0.2, 0) is 0 Å². The Hall–Kier alpha value is -4.66. The van der Waals surface area contributed by atoms with Crippen molar-refractivity contribution >= 4 is 22.5 Å². The van der Waals surface area contributed by atoms with E-state index in [1.165, 1.54) is 0 Å². The first-order chi connectivity index (χ1) is 16.1. The van der Waals surface area contributed by atoms with Crippen molar-refractivity contribution in [1.29, 1.82) is 5.41 Å². The monoisotopic (exact) mass is 434 g/mol. The summed E-state index contributed by atoms with van der Waals surface area (Å²) in [6.07, 6.45) is 10.7. The standard InChI is InChI=1S/C24H18N8O/c1-13-11-32(12-28-13)21-10-27-9-20-17(21)6-19(29-20)23-22-16(24(25)31-23)3-4-18(30-22)14-5-15(33-2)8-26-7-14/h3-12,25,29H,1-2H3. The third-order valence-corrected chi connectivity index (χ3v) is 5.61. The number of nitrogens with zero attached hydrogens (tertiary/aromatic N) is 6. The summed E-state index contributed by atoms with van der Waals surface area (Å²) in [5, 5.41) is 9.34. The second-order valence-corrected chi connectivity index (χ2v) is 7.74. The smallest absolute Gasteiger partial charge is 0.154 e. The zero-order chi connectivity index (χ0) is 22.5. The van der Waals surface area contributed by atoms with Crippen molar-refractivity contribution in [3.05, 3.63) is 84.2 Å². The highest BCUT2D eigenvalue weighted by Crippen LogP contribution is 2.29. The molecule has 9 heteroatoms. The van der Waals surface area contributed by atoms with Crippen LogP contribution in [0.15, 0.2) is 66.6 Å². The molecule has 0 radical (unpaired) electrons. The van der Waals surface area contributed by atoms with Gasteiger partial charge < -0.3 is 14.3 Å². The molecule has 0 unspecified atom stereocenters. The molecular weight excluding hydrogens is 416 g/mol. The van der Waals surface area contributed by atoms with Gasteiger partial charge in [0.2, 0.25) is 0 Å². The van der Waals surface area contributed by atoms with Crippen molar-refractivity contribution in [3.8, 4) is 22.7 Å². The van der Waals surface area contributed by atoms with E-state index in [0.717, 1.165) is 39.2 Å². The van der Waals surface area contributed by atoms with Crippen LogP contribution in [0.3, 0.4) is 0 Å². The second kappa shape index (κ2) is 7.20. The average molecular weight is 434 g/mol. The van der Waals surface area contributed by atoms with Gasteiger partial charge in [0.05, 0.1) is 60.3 Å². The predicted octanol–water partition coefficient (Wildman–Crippen LogP) is 3.70. The number of amidine groups is 1. The Labute approximate surface area is 188 Å². The third-order valence-electron chi connectivity index (χ3n) is 5.61. The van der Waals surface area contributed by atoms with Crippen molar-refractivity contribution in [2.24, 2.45) is 4.99 Å². The number of methoxy groups -OCH3 is 1. The molecule has 1 aliphatic heterocycles. The molecule has 0 bridgehead atoms. The fraction of sp³-hybridized carbons (Fsp3) is 0.0833. The number of nitrogens with one attached hydrogen (secondary N) is 2. The minimum Gasteiger partial charge on any atom is -0.495 e. The normalized spacial score (nSPS) is 12.8. The van der Waals surface area contributed by atoms with Gasteiger partial charge in [-0.1, -0.05) is 0 Å². The third kappa shape index (κ3) is 3.09. The molecule has 5 aromatic rings. The van der Waals surface area contributed by atoms with Gasteiger partial charge in [0.1, 0.15) is 17.2 Å². The zero-order valence-electron chi connectivity index (χ0n) is 17.9. The molecule has 0 aromatic carbocycles. The molecule has 0 saturated heterocycles. The van der Waals surface area contributed by atoms with Gasteiger partial charge in [-0.05, 0) is 31.2 Å². The van der Waals surface area contributed by atoms with Crippen LogP contribution >= 0.6 is 0 Å². The summed E-state index contributed by atoms with van der Waals surface area (Å²) >= 11 is 0. The lowest BCUT2D eigenvalue weighted by atomic mass is 10.1. The van der Waals surface area contributed by atoms with Gasteiger partial charge in [0, 0.05) is 28.9 Å². The van der Waals surface area contributed by atoms with Gasteiger partial charge in [-0.2, -0.15) is 0 Å². The lowest BCUT2D eigenvalue weighted by Gasteiger charge is -2.06. The Balaban J connectivity index is 1.47. The zero-order valence-corrected chi connectivity index (χ0v) is 17.9. The first-order valence-electron chi connectivity index (χ1n) is 10.3. The van der Waals surface area contributed by atoms with Crippen LogP contribution in [0.1, 0.15) is 22.6 Å². The van der Waals surface area contributed by atoms with Crippen molar-refractivity contribution in [2.45, 2.75) is 6.92 Å². The Bertz CT molecular complexity index is 1590. The molecular formula is C24H18N8O. The molecule has 0 saturated carbocycles. The minimum absolute atomic E-state index is 0.185. The summed E-state index contributed by atoms with van der Waals surface area (Å²) in [6, 6.07) is 7.65. The SMILES string of the molecule is COc1cncc(-c2ccc3c(n2)C(c2cc4c(-n5cnc(C)c5)cncc4[nH]2)=NC3=N)c1. The van der Waals surface area contributed by atoms with E-state index in [9.17, 15) is 0 Å². The first kappa shape index (κ1) is 19.1. The maximum Gasteiger partial charge on any atom is 0.154 e. The number of rotatable bonds is 4. The Morgan fingerprint density at radius 1 is 1.06 bits per heavy atom. The van der Waals surface area contributed by atoms with Crippen LogP contribution in [0.2, 0.25) is 0 Å². The lowest BCUT2D eigenvalue weighted by Crippen LogP contribution is -2.05. The van der Waals surface area contributed by atoms with Crippen molar-refractivity contribution < 1.29 is 4.74 Å². The summed E-state index contributed by atoms with van der Waals surface area (Å²) in [4.78, 5) is 25.7. The van der Waals surface area contributed by atoms with E-state index in [0.29, 0.717) is 22.7 Å². The second-order valence-electron chi connectivity index (χ2n) is 7.74. The van der Waals surface area contributed by atoms with Gasteiger partial charge in [-0.15, -0.1) is 0 Å². The minimum atomic E-state index is 0.185. The molecule has 0 amide bonds. The van der Waals surface area contributed by atoms with Crippen molar-refractivity contribution in [1.82, 2.24) is 29.5 Å². The Morgan fingerprint density at radius 3 is 2.76 bits per heavy atom. The highest BCUT2D eigenvalue weighted by atomic mass is 16.5. The van der Waals surface area contributed by atoms with Gasteiger partial charge in [-0.3, -0.25) is 15.4 Å². The summed E-state index contributed by atoms with van der Waals surface area (Å²) < 4.78 is 7.24. The molecule has 160 valence electrons. The van der Waals surface area contributed by atoms with E-state index in [4.69, 9.17) is 15.1 Å². The van der Waals surface area contributed by atoms with E-state index < -0.39 is 0 Å². The molecule has 1 aliphatic rings. The fourth-order valence-corrected chi connectivity index (χ4v) is 4.00. The summed E-state index contributed by atoms with van der Waals surface area (Å²) in [5.74, 6) is 0.840. The van der Waals surface area contributed by atoms with Gasteiger partial charge >= 0.3 is 0 Å². The highest BCUT2D eigenvalue weighted by molar-refractivity contribution is 6.27. The van der Waals surface area contributed by atoms with Crippen LogP contribution in [0.5, 0.6) is 5.75 Å². The summed E-state index contributed by atoms with van der Waals surface area (Å²) in [6.45, 7) is 1.95. The lowest BCUT2D eigenvalue weighted by molar-refractivity contribution is 0.413. The van der Waals surface area contributed by atoms with Gasteiger partial charge in [-0.25, -0.2) is 15.0 Å². The average Bonchev–Trinajstić information content (AvgIpc) is 3.55. The summed E-state index contributed by atoms with van der Waals surface area (Å²) in [5.41, 5.74) is 6.99. The molecule has 2 N–H and O–H groups in total. The number of aryl methyl sites for hydroxylation is 1. The maximum atomic E-state index is 8.36. The first-order valence-corrected chi connectivity index (χ1v) is 10.3. The predicted molar refractivity (Wildman–Crippen MR) is 124 cm³/mol. The number of fused-ring (bicyclic) bond motifs is 2. The number of aliphatic imine (C=N–C) groups is 1. The molecule has 9 nitrogen and oxygen atoms in total. The summed E-state index contributed by atoms with van der Waals surface area (Å²) in [7, 11) is 1.60. The number of hydrogen-bond acceptors (Lipinski definition) is 6. The molecule has 33 heavy (non-hydrogen) atoms. The van der Waals surface area contributed by atoms with E-state index in [1.807, 2.05) is 42.0 Å². The molecule has 0 aliphatic carbocycles. The number of pyridine rings is 3. The van der Waals surface area contributed by atoms with E-state index >= 15 is 0 Å². The molecule has 0 spiro atoms. The number of hydrogen-bond donors (Lipinski definition) is 2. The largest absolute Gasteiger partial charge is 0.495 e. The van der Waals surface area contributed by atoms with Crippen molar-refractivity contribution in [3.63, 3.8) is 0 Å². The number of aromatic nitrogens is 6. The van der Waals surface area contributed by atoms with Crippen LogP contribution in [0.4, 0.5) is 0 Å². The van der Waals surface area contributed by atoms with Gasteiger partial charge in [0.15, 0.2) is 5.84 Å². The molecule has 6 rings (SSSR count). The number of imidazole rings is 1. The highest BCUT2D eigenvalue weighted by Gasteiger charge is 2.26. The molecule has 0 fully saturated rings. The number of H-pyrrole nitrogens is 1. The Morgan fingerprint density at radius 2 is 1.94 bits per heavy atom. The van der Waals surface area contributed by atoms with E-state index in [1.54, 1.807) is 38.2 Å². The fourth-order valence-electron chi connectivity index (χ4n) is 4.00.